The summed E-state index contributed by atoms with van der Waals surface area (Å²) in [5.41, 5.74) is 2.84. The Balaban J connectivity index is 0.000000406. The number of benzene rings is 1. The van der Waals surface area contributed by atoms with Gasteiger partial charge in [0.1, 0.15) is 11.2 Å². The van der Waals surface area contributed by atoms with Gasteiger partial charge in [-0.25, -0.2) is 4.79 Å². The highest BCUT2D eigenvalue weighted by Gasteiger charge is 2.38. The molecule has 0 aliphatic carbocycles. The third-order valence-corrected chi connectivity index (χ3v) is 4.99. The number of rotatable bonds is 6. The summed E-state index contributed by atoms with van der Waals surface area (Å²) in [6, 6.07) is 13.9. The quantitative estimate of drug-likeness (QED) is 0.498. The number of aliphatic carboxylic acids is 1. The van der Waals surface area contributed by atoms with Crippen molar-refractivity contribution in [3.63, 3.8) is 0 Å². The molecule has 2 aromatic heterocycles. The van der Waals surface area contributed by atoms with Gasteiger partial charge in [-0.3, -0.25) is 9.20 Å². The number of carbonyl (C=O) groups is 1. The predicted molar refractivity (Wildman–Crippen MR) is 121 cm³/mol. The molecule has 0 bridgehead atoms. The lowest BCUT2D eigenvalue weighted by molar-refractivity contribution is -0.192. The first-order valence-corrected chi connectivity index (χ1v) is 10.7. The van der Waals surface area contributed by atoms with Crippen molar-refractivity contribution in [3.8, 4) is 17.0 Å². The molecule has 4 rings (SSSR count). The maximum atomic E-state index is 13.1. The smallest absolute Gasteiger partial charge is 0.477 e. The van der Waals surface area contributed by atoms with Gasteiger partial charge < -0.3 is 20.5 Å². The van der Waals surface area contributed by atoms with Crippen molar-refractivity contribution in [2.45, 2.75) is 32.0 Å². The van der Waals surface area contributed by atoms with Crippen LogP contribution in [0.25, 0.3) is 16.8 Å². The van der Waals surface area contributed by atoms with Gasteiger partial charge in [-0.15, -0.1) is 0 Å². The van der Waals surface area contributed by atoms with E-state index in [2.05, 4.69) is 15.6 Å². The van der Waals surface area contributed by atoms with E-state index >= 15 is 0 Å². The Morgan fingerprint density at radius 1 is 1.26 bits per heavy atom. The van der Waals surface area contributed by atoms with Crippen LogP contribution in [0.3, 0.4) is 0 Å². The average molecular weight is 478 g/mol. The van der Waals surface area contributed by atoms with Crippen molar-refractivity contribution in [3.05, 3.63) is 59.0 Å². The van der Waals surface area contributed by atoms with Crippen molar-refractivity contribution < 1.29 is 27.8 Å². The molecule has 3 aromatic rings. The number of anilines is 1. The fourth-order valence-corrected chi connectivity index (χ4v) is 3.37. The molecule has 182 valence electrons. The van der Waals surface area contributed by atoms with Gasteiger partial charge in [0.2, 0.25) is 5.88 Å². The largest absolute Gasteiger partial charge is 0.490 e. The molecule has 0 unspecified atom stereocenters. The highest BCUT2D eigenvalue weighted by molar-refractivity contribution is 5.73. The molecule has 1 aliphatic rings. The maximum Gasteiger partial charge on any atom is 0.490 e. The van der Waals surface area contributed by atoms with E-state index < -0.39 is 12.1 Å². The lowest BCUT2D eigenvalue weighted by atomic mass is 10.1. The minimum atomic E-state index is -5.08. The number of pyridine rings is 1. The zero-order valence-electron chi connectivity index (χ0n) is 18.4. The van der Waals surface area contributed by atoms with Gasteiger partial charge in [0, 0.05) is 24.5 Å². The topological polar surface area (TPSA) is 105 Å². The highest BCUT2D eigenvalue weighted by atomic mass is 19.4. The number of nitrogens with one attached hydrogen (secondary N) is 2. The number of aromatic nitrogens is 2. The van der Waals surface area contributed by atoms with Crippen molar-refractivity contribution in [1.29, 1.82) is 0 Å². The van der Waals surface area contributed by atoms with Gasteiger partial charge >= 0.3 is 12.1 Å². The maximum absolute atomic E-state index is 13.1. The second kappa shape index (κ2) is 11.0. The highest BCUT2D eigenvalue weighted by Crippen LogP contribution is 2.27. The Morgan fingerprint density at radius 3 is 2.56 bits per heavy atom. The SMILES string of the molecule is CCCOc1nc2ccccn2c(=O)c1-c1ccc(N[C@@H]2CCNC2)cc1.O=C(O)C(F)(F)F. The molecule has 34 heavy (non-hydrogen) atoms. The fraction of sp³-hybridized carbons (Fsp3) is 0.348. The van der Waals surface area contributed by atoms with Gasteiger partial charge in [0.15, 0.2) is 0 Å². The Morgan fingerprint density at radius 2 is 1.97 bits per heavy atom. The van der Waals surface area contributed by atoms with Crippen LogP contribution >= 0.6 is 0 Å². The molecule has 1 fully saturated rings. The van der Waals surface area contributed by atoms with Crippen LogP contribution in [0.15, 0.2) is 53.5 Å². The summed E-state index contributed by atoms with van der Waals surface area (Å²) in [6.45, 7) is 4.59. The number of alkyl halides is 3. The van der Waals surface area contributed by atoms with E-state index in [0.717, 1.165) is 37.2 Å². The van der Waals surface area contributed by atoms with Gasteiger partial charge in [0.05, 0.1) is 6.61 Å². The zero-order valence-corrected chi connectivity index (χ0v) is 18.4. The Bertz CT molecular complexity index is 1170. The standard InChI is InChI=1S/C21H24N4O2.C2HF3O2/c1-2-13-27-20-19(21(26)25-12-4-3-5-18(25)24-20)15-6-8-16(9-7-15)23-17-10-11-22-14-17;3-2(4,5)1(6)7/h3-9,12,17,22-23H,2,10-11,13-14H2,1H3;(H,6,7)/t17-;/m1./s1. The molecule has 1 atom stereocenters. The molecule has 3 heterocycles. The van der Waals surface area contributed by atoms with Crippen LogP contribution < -0.4 is 20.9 Å². The molecule has 0 saturated carbocycles. The first-order valence-electron chi connectivity index (χ1n) is 10.7. The van der Waals surface area contributed by atoms with Crippen LogP contribution in [0.5, 0.6) is 5.88 Å². The summed E-state index contributed by atoms with van der Waals surface area (Å²) >= 11 is 0. The van der Waals surface area contributed by atoms with Crippen molar-refractivity contribution in [2.75, 3.05) is 25.0 Å². The Kier molecular flexibility index (Phi) is 8.11. The summed E-state index contributed by atoms with van der Waals surface area (Å²) in [7, 11) is 0. The van der Waals surface area contributed by atoms with Gasteiger partial charge in [-0.05, 0) is 49.2 Å². The van der Waals surface area contributed by atoms with Crippen LogP contribution in [-0.2, 0) is 4.79 Å². The number of ether oxygens (including phenoxy) is 1. The molecular formula is C23H25F3N4O4. The Labute approximate surface area is 193 Å². The summed E-state index contributed by atoms with van der Waals surface area (Å²) in [6.07, 6.45) is -1.37. The minimum Gasteiger partial charge on any atom is -0.477 e. The summed E-state index contributed by atoms with van der Waals surface area (Å²) in [4.78, 5) is 26.6. The van der Waals surface area contributed by atoms with Crippen molar-refractivity contribution in [1.82, 2.24) is 14.7 Å². The summed E-state index contributed by atoms with van der Waals surface area (Å²) in [5, 5.41) is 14.0. The average Bonchev–Trinajstić information content (AvgIpc) is 3.31. The predicted octanol–water partition coefficient (Wildman–Crippen LogP) is 3.56. The van der Waals surface area contributed by atoms with Crippen LogP contribution in [0.4, 0.5) is 18.9 Å². The second-order valence-electron chi connectivity index (χ2n) is 7.59. The molecule has 1 aromatic carbocycles. The molecule has 3 N–H and O–H groups in total. The summed E-state index contributed by atoms with van der Waals surface area (Å²) in [5.74, 6) is -2.36. The number of carboxylic acids is 1. The second-order valence-corrected chi connectivity index (χ2v) is 7.59. The lowest BCUT2D eigenvalue weighted by Crippen LogP contribution is -2.22. The van der Waals surface area contributed by atoms with Crippen LogP contribution in [0.2, 0.25) is 0 Å². The first kappa shape index (κ1) is 25.0. The molecule has 8 nitrogen and oxygen atoms in total. The van der Waals surface area contributed by atoms with E-state index in [9.17, 15) is 18.0 Å². The van der Waals surface area contributed by atoms with E-state index in [1.807, 2.05) is 49.4 Å². The number of halogens is 3. The summed E-state index contributed by atoms with van der Waals surface area (Å²) < 4.78 is 39.1. The van der Waals surface area contributed by atoms with E-state index in [4.69, 9.17) is 14.6 Å². The van der Waals surface area contributed by atoms with E-state index in [1.54, 1.807) is 10.6 Å². The number of fused-ring (bicyclic) bond motifs is 1. The van der Waals surface area contributed by atoms with Gasteiger partial charge in [-0.2, -0.15) is 18.2 Å². The van der Waals surface area contributed by atoms with Crippen LogP contribution in [0, 0.1) is 0 Å². The number of hydrogen-bond donors (Lipinski definition) is 3. The molecule has 11 heteroatoms. The van der Waals surface area contributed by atoms with Gasteiger partial charge in [-0.1, -0.05) is 25.1 Å². The van der Waals surface area contributed by atoms with E-state index in [1.165, 1.54) is 0 Å². The van der Waals surface area contributed by atoms with Gasteiger partial charge in [0.25, 0.3) is 5.56 Å². The van der Waals surface area contributed by atoms with E-state index in [0.29, 0.717) is 29.7 Å². The third-order valence-electron chi connectivity index (χ3n) is 4.99. The molecule has 0 radical (unpaired) electrons. The molecule has 0 amide bonds. The molecule has 0 spiro atoms. The van der Waals surface area contributed by atoms with Crippen molar-refractivity contribution >= 4 is 17.3 Å². The third kappa shape index (κ3) is 6.25. The number of nitrogens with zero attached hydrogens (tertiary/aromatic N) is 2. The van der Waals surface area contributed by atoms with Crippen LogP contribution in [-0.4, -0.2) is 52.4 Å². The lowest BCUT2D eigenvalue weighted by Gasteiger charge is -2.14. The minimum absolute atomic E-state index is 0.118. The van der Waals surface area contributed by atoms with E-state index in [-0.39, 0.29) is 5.56 Å². The zero-order chi connectivity index (χ0) is 24.7. The number of hydrogen-bond acceptors (Lipinski definition) is 6. The first-order chi connectivity index (χ1) is 16.2. The molecule has 1 saturated heterocycles. The van der Waals surface area contributed by atoms with Crippen molar-refractivity contribution in [2.24, 2.45) is 0 Å². The molecule has 1 aliphatic heterocycles. The number of carboxylic acid groups (broad SMARTS) is 1. The Hall–Kier alpha value is -3.60. The molecular weight excluding hydrogens is 453 g/mol. The normalized spacial score (nSPS) is 15.5. The van der Waals surface area contributed by atoms with Crippen LogP contribution in [0.1, 0.15) is 19.8 Å². The fourth-order valence-electron chi connectivity index (χ4n) is 3.37. The monoisotopic (exact) mass is 478 g/mol.